The van der Waals surface area contributed by atoms with Crippen molar-refractivity contribution in [2.75, 3.05) is 22.0 Å². The number of hydrogen-bond acceptors (Lipinski definition) is 5. The number of benzene rings is 2. The van der Waals surface area contributed by atoms with Crippen LogP contribution in [0.5, 0.6) is 0 Å². The van der Waals surface area contributed by atoms with Crippen LogP contribution in [-0.2, 0) is 26.6 Å². The van der Waals surface area contributed by atoms with Crippen LogP contribution < -0.4 is 9.44 Å². The Kier molecular flexibility index (Phi) is 6.27. The van der Waals surface area contributed by atoms with Crippen molar-refractivity contribution in [1.82, 2.24) is 0 Å². The molecule has 0 heterocycles. The van der Waals surface area contributed by atoms with Gasteiger partial charge in [-0.2, -0.15) is 0 Å². The number of rotatable bonds is 7. The summed E-state index contributed by atoms with van der Waals surface area (Å²) in [6, 6.07) is 13.3. The van der Waals surface area contributed by atoms with Crippen LogP contribution in [0.25, 0.3) is 0 Å². The predicted octanol–water partition coefficient (Wildman–Crippen LogP) is 2.62. The van der Waals surface area contributed by atoms with E-state index in [1.54, 1.807) is 48.5 Å². The van der Waals surface area contributed by atoms with E-state index in [4.69, 9.17) is 11.6 Å². The lowest BCUT2D eigenvalue weighted by Crippen LogP contribution is -2.09. The van der Waals surface area contributed by atoms with Gasteiger partial charge in [-0.05, 0) is 42.0 Å². The number of sulfonamides is 2. The first kappa shape index (κ1) is 20.2. The van der Waals surface area contributed by atoms with Gasteiger partial charge in [0.05, 0.1) is 19.1 Å². The fraction of sp³-hybridized carbons (Fsp3) is 0.188. The van der Waals surface area contributed by atoms with Crippen LogP contribution in [0.1, 0.15) is 11.1 Å². The Morgan fingerprint density at radius 1 is 0.846 bits per heavy atom. The summed E-state index contributed by atoms with van der Waals surface area (Å²) in [6.07, 6.45) is 2.16. The summed E-state index contributed by atoms with van der Waals surface area (Å²) < 4.78 is 49.5. The second-order valence-corrected chi connectivity index (χ2v) is 9.48. The third-order valence-electron chi connectivity index (χ3n) is 3.08. The molecule has 0 saturated carbocycles. The van der Waals surface area contributed by atoms with Crippen molar-refractivity contribution in [1.29, 1.82) is 0 Å². The second-order valence-electron chi connectivity index (χ2n) is 5.63. The average molecular weight is 416 g/mol. The van der Waals surface area contributed by atoms with E-state index in [2.05, 4.69) is 14.4 Å². The Hall–Kier alpha value is -2.10. The molecule has 0 aromatic heterocycles. The summed E-state index contributed by atoms with van der Waals surface area (Å²) in [7, 11) is -6.64. The minimum atomic E-state index is -3.33. The number of aliphatic imine (C=N–C) groups is 1. The van der Waals surface area contributed by atoms with Crippen molar-refractivity contribution in [3.8, 4) is 0 Å². The van der Waals surface area contributed by atoms with Crippen LogP contribution in [0.15, 0.2) is 53.5 Å². The third-order valence-corrected chi connectivity index (χ3v) is 4.63. The second kappa shape index (κ2) is 8.07. The molecule has 0 saturated heterocycles. The number of nitrogens with zero attached hydrogens (tertiary/aromatic N) is 1. The van der Waals surface area contributed by atoms with E-state index in [1.807, 2.05) is 0 Å². The molecule has 0 fully saturated rings. The van der Waals surface area contributed by atoms with Gasteiger partial charge >= 0.3 is 0 Å². The van der Waals surface area contributed by atoms with Crippen LogP contribution in [0.4, 0.5) is 11.4 Å². The van der Waals surface area contributed by atoms with Gasteiger partial charge in [-0.15, -0.1) is 0 Å². The van der Waals surface area contributed by atoms with Crippen molar-refractivity contribution in [3.63, 3.8) is 0 Å². The van der Waals surface area contributed by atoms with Crippen LogP contribution in [0.2, 0.25) is 0 Å². The largest absolute Gasteiger partial charge is 0.284 e. The van der Waals surface area contributed by atoms with Gasteiger partial charge in [-0.1, -0.05) is 23.7 Å². The number of anilines is 2. The van der Waals surface area contributed by atoms with Crippen LogP contribution in [-0.4, -0.2) is 34.5 Å². The molecule has 0 atom stereocenters. The van der Waals surface area contributed by atoms with Crippen molar-refractivity contribution in [2.24, 2.45) is 4.99 Å². The van der Waals surface area contributed by atoms with E-state index in [1.165, 1.54) is 0 Å². The first-order valence-corrected chi connectivity index (χ1v) is 11.5. The summed E-state index contributed by atoms with van der Waals surface area (Å²) >= 11 is 6.18. The van der Waals surface area contributed by atoms with Crippen LogP contribution >= 0.6 is 11.6 Å². The van der Waals surface area contributed by atoms with Gasteiger partial charge in [0.15, 0.2) is 0 Å². The Labute approximate surface area is 158 Å². The molecule has 26 heavy (non-hydrogen) atoms. The quantitative estimate of drug-likeness (QED) is 0.678. The molecular weight excluding hydrogens is 398 g/mol. The van der Waals surface area contributed by atoms with E-state index in [9.17, 15) is 16.8 Å². The van der Waals surface area contributed by atoms with Crippen LogP contribution in [0.3, 0.4) is 0 Å². The van der Waals surface area contributed by atoms with E-state index in [0.29, 0.717) is 23.5 Å². The normalized spacial score (nSPS) is 12.7. The zero-order valence-electron chi connectivity index (χ0n) is 14.1. The summed E-state index contributed by atoms with van der Waals surface area (Å²) in [6.45, 7) is 0.321. The van der Waals surface area contributed by atoms with Gasteiger partial charge in [-0.25, -0.2) is 16.8 Å². The molecule has 0 aliphatic carbocycles. The highest BCUT2D eigenvalue weighted by atomic mass is 35.5. The Balaban J connectivity index is 2.03. The first-order valence-electron chi connectivity index (χ1n) is 7.37. The van der Waals surface area contributed by atoms with Gasteiger partial charge in [0, 0.05) is 16.9 Å². The van der Waals surface area contributed by atoms with Gasteiger partial charge in [-0.3, -0.25) is 14.4 Å². The third kappa shape index (κ3) is 7.03. The topological polar surface area (TPSA) is 105 Å². The number of nitrogens with one attached hydrogen (secondary N) is 2. The molecule has 2 N–H and O–H groups in total. The minimum Gasteiger partial charge on any atom is -0.284 e. The molecule has 7 nitrogen and oxygen atoms in total. The maximum atomic E-state index is 11.2. The summed E-state index contributed by atoms with van der Waals surface area (Å²) in [5, 5.41) is 0.286. The molecule has 0 amide bonds. The number of halogens is 1. The van der Waals surface area contributed by atoms with Crippen molar-refractivity contribution in [2.45, 2.75) is 6.54 Å². The van der Waals surface area contributed by atoms with Gasteiger partial charge < -0.3 is 0 Å². The fourth-order valence-electron chi connectivity index (χ4n) is 2.03. The van der Waals surface area contributed by atoms with Crippen molar-refractivity contribution in [3.05, 3.63) is 59.7 Å². The molecule has 0 aliphatic rings. The van der Waals surface area contributed by atoms with Crippen molar-refractivity contribution >= 4 is 48.2 Å². The molecule has 0 aliphatic heterocycles. The lowest BCUT2D eigenvalue weighted by molar-refractivity contribution is 0.605. The summed E-state index contributed by atoms with van der Waals surface area (Å²) in [4.78, 5) is 4.28. The lowest BCUT2D eigenvalue weighted by atomic mass is 10.2. The molecule has 2 rings (SSSR count). The van der Waals surface area contributed by atoms with E-state index >= 15 is 0 Å². The monoisotopic (exact) mass is 415 g/mol. The SMILES string of the molecule is CS(=O)(=O)Nc1ccc(C/N=C(\Cl)c2ccc(NS(C)(=O)=O)cc2)cc1. The molecule has 2 aromatic rings. The fourth-order valence-corrected chi connectivity index (χ4v) is 3.35. The smallest absolute Gasteiger partial charge is 0.229 e. The predicted molar refractivity (Wildman–Crippen MR) is 106 cm³/mol. The maximum Gasteiger partial charge on any atom is 0.229 e. The minimum absolute atomic E-state index is 0.286. The molecule has 140 valence electrons. The van der Waals surface area contributed by atoms with E-state index < -0.39 is 20.0 Å². The zero-order chi connectivity index (χ0) is 19.4. The standard InChI is InChI=1S/C16H18ClN3O4S2/c1-25(21,22)19-14-7-3-12(4-8-14)11-18-16(17)13-5-9-15(10-6-13)20-26(2,23)24/h3-10,19-20H,11H2,1-2H3/b18-16-. The molecule has 0 bridgehead atoms. The van der Waals surface area contributed by atoms with Gasteiger partial charge in [0.1, 0.15) is 5.17 Å². The van der Waals surface area contributed by atoms with E-state index in [-0.39, 0.29) is 5.17 Å². The Bertz CT molecular complexity index is 1000. The number of hydrogen-bond donors (Lipinski definition) is 2. The zero-order valence-corrected chi connectivity index (χ0v) is 16.5. The highest BCUT2D eigenvalue weighted by molar-refractivity contribution is 7.92. The molecule has 0 spiro atoms. The lowest BCUT2D eigenvalue weighted by Gasteiger charge is -2.06. The molecular formula is C16H18ClN3O4S2. The van der Waals surface area contributed by atoms with Gasteiger partial charge in [0.2, 0.25) is 20.0 Å². The molecule has 0 radical (unpaired) electrons. The highest BCUT2D eigenvalue weighted by Crippen LogP contribution is 2.15. The Morgan fingerprint density at radius 2 is 1.27 bits per heavy atom. The summed E-state index contributed by atoms with van der Waals surface area (Å²) in [5.74, 6) is 0. The molecule has 10 heteroatoms. The maximum absolute atomic E-state index is 11.2. The summed E-state index contributed by atoms with van der Waals surface area (Å²) in [5.41, 5.74) is 2.42. The van der Waals surface area contributed by atoms with Crippen molar-refractivity contribution < 1.29 is 16.8 Å². The van der Waals surface area contributed by atoms with E-state index in [0.717, 1.165) is 18.1 Å². The first-order chi connectivity index (χ1) is 12.0. The highest BCUT2D eigenvalue weighted by Gasteiger charge is 2.05. The van der Waals surface area contributed by atoms with Gasteiger partial charge in [0.25, 0.3) is 0 Å². The molecule has 0 unspecified atom stereocenters. The Morgan fingerprint density at radius 3 is 1.69 bits per heavy atom. The average Bonchev–Trinajstić information content (AvgIpc) is 2.51. The molecule has 2 aromatic carbocycles. The van der Waals surface area contributed by atoms with Crippen LogP contribution in [0, 0.1) is 0 Å².